The fourth-order valence-electron chi connectivity index (χ4n) is 3.30. The minimum atomic E-state index is -3.82. The molecule has 8 nitrogen and oxygen atoms in total. The minimum absolute atomic E-state index is 0.00701. The molecular weight excluding hydrogens is 449 g/mol. The number of sulfonamides is 1. The normalized spacial score (nSPS) is 11.3. The highest BCUT2D eigenvalue weighted by Gasteiger charge is 2.22. The van der Waals surface area contributed by atoms with Crippen molar-refractivity contribution in [1.82, 2.24) is 10.5 Å². The molecule has 0 fully saturated rings. The molecular formula is C22H24N3O5PS. The van der Waals surface area contributed by atoms with Crippen molar-refractivity contribution in [2.24, 2.45) is 5.14 Å². The maximum Gasteiger partial charge on any atom is 0.238 e. The standard InChI is InChI=1S/C22H24N3O5PS/c1-14-21(15-6-8-16(9-7-15)32(23,28)29)22(25-30-14)18-5-3-2-4-17(18)19(26)10-11-20(27)24-12-13-31/h2-9H,10-13,31H2,1H3,(H,24,27)(H2,23,28,29). The monoisotopic (exact) mass is 473 g/mol. The van der Waals surface area contributed by atoms with E-state index >= 15 is 0 Å². The van der Waals surface area contributed by atoms with Crippen molar-refractivity contribution in [2.75, 3.05) is 12.7 Å². The number of aromatic nitrogens is 1. The van der Waals surface area contributed by atoms with Crippen LogP contribution in [-0.2, 0) is 14.8 Å². The zero-order valence-electron chi connectivity index (χ0n) is 17.5. The van der Waals surface area contributed by atoms with Crippen LogP contribution in [0.2, 0.25) is 0 Å². The summed E-state index contributed by atoms with van der Waals surface area (Å²) in [6, 6.07) is 13.0. The van der Waals surface area contributed by atoms with Crippen LogP contribution in [0.15, 0.2) is 57.9 Å². The van der Waals surface area contributed by atoms with Gasteiger partial charge in [-0.2, -0.15) is 0 Å². The number of nitrogens with zero attached hydrogens (tertiary/aromatic N) is 1. The first-order valence-electron chi connectivity index (χ1n) is 9.91. The van der Waals surface area contributed by atoms with Gasteiger partial charge in [0.1, 0.15) is 11.5 Å². The third kappa shape index (κ3) is 5.48. The van der Waals surface area contributed by atoms with E-state index < -0.39 is 10.0 Å². The largest absolute Gasteiger partial charge is 0.360 e. The van der Waals surface area contributed by atoms with Crippen LogP contribution in [0.25, 0.3) is 22.4 Å². The summed E-state index contributed by atoms with van der Waals surface area (Å²) in [4.78, 5) is 24.8. The number of ketones is 1. The number of amides is 1. The van der Waals surface area contributed by atoms with Gasteiger partial charge in [0, 0.05) is 30.5 Å². The molecule has 1 atom stereocenters. The summed E-state index contributed by atoms with van der Waals surface area (Å²) in [5.74, 6) is 0.159. The Morgan fingerprint density at radius 2 is 1.78 bits per heavy atom. The second-order valence-electron chi connectivity index (χ2n) is 7.14. The first kappa shape index (κ1) is 23.8. The van der Waals surface area contributed by atoms with E-state index in [9.17, 15) is 18.0 Å². The molecule has 0 bridgehead atoms. The van der Waals surface area contributed by atoms with Crippen LogP contribution < -0.4 is 10.5 Å². The Morgan fingerprint density at radius 1 is 1.09 bits per heavy atom. The van der Waals surface area contributed by atoms with E-state index in [1.165, 1.54) is 12.1 Å². The summed E-state index contributed by atoms with van der Waals surface area (Å²) in [6.45, 7) is 2.28. The molecule has 0 saturated heterocycles. The van der Waals surface area contributed by atoms with Gasteiger partial charge in [-0.25, -0.2) is 13.6 Å². The molecule has 0 spiro atoms. The molecule has 3 N–H and O–H groups in total. The molecule has 1 aromatic heterocycles. The first-order valence-corrected chi connectivity index (χ1v) is 12.3. The summed E-state index contributed by atoms with van der Waals surface area (Å²) in [6.07, 6.45) is 0.904. The number of carbonyl (C=O) groups is 2. The molecule has 3 aromatic rings. The van der Waals surface area contributed by atoms with Crippen molar-refractivity contribution in [3.63, 3.8) is 0 Å². The van der Waals surface area contributed by atoms with Gasteiger partial charge in [0.25, 0.3) is 0 Å². The van der Waals surface area contributed by atoms with E-state index in [1.807, 2.05) is 0 Å². The van der Waals surface area contributed by atoms with Crippen LogP contribution in [0.5, 0.6) is 0 Å². The zero-order valence-corrected chi connectivity index (χ0v) is 19.5. The lowest BCUT2D eigenvalue weighted by Gasteiger charge is -2.09. The number of hydrogen-bond donors (Lipinski definition) is 2. The lowest BCUT2D eigenvalue weighted by molar-refractivity contribution is -0.120. The fourth-order valence-corrected chi connectivity index (χ4v) is 3.96. The van der Waals surface area contributed by atoms with Crippen LogP contribution in [0, 0.1) is 6.92 Å². The maximum atomic E-state index is 12.9. The molecule has 32 heavy (non-hydrogen) atoms. The van der Waals surface area contributed by atoms with Crippen molar-refractivity contribution < 1.29 is 22.5 Å². The van der Waals surface area contributed by atoms with Crippen LogP contribution in [0.3, 0.4) is 0 Å². The van der Waals surface area contributed by atoms with Crippen LogP contribution >= 0.6 is 9.24 Å². The number of nitrogens with one attached hydrogen (secondary N) is 1. The second-order valence-corrected chi connectivity index (χ2v) is 9.28. The second kappa shape index (κ2) is 10.2. The number of hydrogen-bond acceptors (Lipinski definition) is 6. The minimum Gasteiger partial charge on any atom is -0.360 e. The van der Waals surface area contributed by atoms with Gasteiger partial charge in [0.15, 0.2) is 5.78 Å². The Bertz CT molecular complexity index is 1240. The quantitative estimate of drug-likeness (QED) is 0.363. The van der Waals surface area contributed by atoms with Crippen molar-refractivity contribution in [3.05, 3.63) is 59.9 Å². The van der Waals surface area contributed by atoms with Gasteiger partial charge in [-0.15, -0.1) is 9.24 Å². The lowest BCUT2D eigenvalue weighted by atomic mass is 9.93. The number of Topliss-reactive ketones (excluding diaryl/α,β-unsaturated/α-hetero) is 1. The van der Waals surface area contributed by atoms with Gasteiger partial charge >= 0.3 is 0 Å². The summed E-state index contributed by atoms with van der Waals surface area (Å²) in [5, 5.41) is 12.1. The van der Waals surface area contributed by atoms with E-state index in [-0.39, 0.29) is 29.4 Å². The number of nitrogens with two attached hydrogens (primary N) is 1. The first-order chi connectivity index (χ1) is 15.2. The van der Waals surface area contributed by atoms with E-state index in [0.29, 0.717) is 40.3 Å². The highest BCUT2D eigenvalue weighted by atomic mass is 32.2. The highest BCUT2D eigenvalue weighted by molar-refractivity contribution is 7.89. The number of primary sulfonamides is 1. The highest BCUT2D eigenvalue weighted by Crippen LogP contribution is 2.36. The van der Waals surface area contributed by atoms with Gasteiger partial charge in [0.2, 0.25) is 15.9 Å². The van der Waals surface area contributed by atoms with E-state index in [4.69, 9.17) is 9.66 Å². The third-order valence-electron chi connectivity index (χ3n) is 4.86. The summed E-state index contributed by atoms with van der Waals surface area (Å²) in [5.41, 5.74) is 2.78. The predicted molar refractivity (Wildman–Crippen MR) is 125 cm³/mol. The Labute approximate surface area is 188 Å². The lowest BCUT2D eigenvalue weighted by Crippen LogP contribution is -2.25. The van der Waals surface area contributed by atoms with Crippen LogP contribution in [0.1, 0.15) is 29.0 Å². The Hall–Kier alpha value is -2.87. The molecule has 0 aliphatic carbocycles. The molecule has 0 aliphatic heterocycles. The summed E-state index contributed by atoms with van der Waals surface area (Å²) >= 11 is 0. The molecule has 1 unspecified atom stereocenters. The zero-order chi connectivity index (χ0) is 23.3. The van der Waals surface area contributed by atoms with Crippen molar-refractivity contribution >= 4 is 31.0 Å². The smallest absolute Gasteiger partial charge is 0.238 e. The SMILES string of the molecule is Cc1onc(-c2ccccc2C(=O)CCC(=O)NCCP)c1-c1ccc(S(N)(=O)=O)cc1. The van der Waals surface area contributed by atoms with E-state index in [0.717, 1.165) is 6.16 Å². The maximum absolute atomic E-state index is 12.9. The molecule has 0 radical (unpaired) electrons. The number of benzene rings is 2. The number of rotatable bonds is 9. The van der Waals surface area contributed by atoms with Crippen LogP contribution in [-0.4, -0.2) is 38.0 Å². The molecule has 1 amide bonds. The Morgan fingerprint density at radius 3 is 2.44 bits per heavy atom. The average molecular weight is 473 g/mol. The van der Waals surface area contributed by atoms with Crippen LogP contribution in [0.4, 0.5) is 0 Å². The molecule has 3 rings (SSSR count). The Kier molecular flexibility index (Phi) is 7.56. The van der Waals surface area contributed by atoms with E-state index in [2.05, 4.69) is 19.7 Å². The summed E-state index contributed by atoms with van der Waals surface area (Å²) < 4.78 is 28.5. The van der Waals surface area contributed by atoms with Crippen molar-refractivity contribution in [2.45, 2.75) is 24.7 Å². The van der Waals surface area contributed by atoms with Gasteiger partial charge in [-0.1, -0.05) is 41.6 Å². The molecule has 0 saturated carbocycles. The topological polar surface area (TPSA) is 132 Å². The van der Waals surface area contributed by atoms with Crippen molar-refractivity contribution in [3.8, 4) is 22.4 Å². The third-order valence-corrected chi connectivity index (χ3v) is 6.08. The summed E-state index contributed by atoms with van der Waals surface area (Å²) in [7, 11) is -1.29. The fraction of sp³-hybridized carbons (Fsp3) is 0.227. The Balaban J connectivity index is 1.94. The number of carbonyl (C=O) groups excluding carboxylic acids is 2. The molecule has 1 heterocycles. The van der Waals surface area contributed by atoms with Gasteiger partial charge in [0.05, 0.1) is 10.5 Å². The molecule has 168 valence electrons. The average Bonchev–Trinajstić information content (AvgIpc) is 3.16. The van der Waals surface area contributed by atoms with Gasteiger partial charge in [-0.3, -0.25) is 9.59 Å². The molecule has 0 aliphatic rings. The van der Waals surface area contributed by atoms with Crippen molar-refractivity contribution in [1.29, 1.82) is 0 Å². The van der Waals surface area contributed by atoms with E-state index in [1.54, 1.807) is 43.3 Å². The van der Waals surface area contributed by atoms with Gasteiger partial charge in [-0.05, 0) is 30.8 Å². The molecule has 10 heteroatoms. The number of aryl methyl sites for hydroxylation is 1. The predicted octanol–water partition coefficient (Wildman–Crippen LogP) is 2.92. The molecule has 2 aromatic carbocycles. The van der Waals surface area contributed by atoms with Gasteiger partial charge < -0.3 is 9.84 Å².